The van der Waals surface area contributed by atoms with Crippen LogP contribution in [0.5, 0.6) is 0 Å². The minimum atomic E-state index is 0.840. The maximum atomic E-state index is 4.64. The van der Waals surface area contributed by atoms with Crippen LogP contribution in [0.2, 0.25) is 0 Å². The number of halogens is 1. The van der Waals surface area contributed by atoms with Gasteiger partial charge in [-0.25, -0.2) is 9.97 Å². The number of aromatic nitrogens is 2. The number of hydrogen-bond acceptors (Lipinski definition) is 3. The van der Waals surface area contributed by atoms with Crippen LogP contribution < -0.4 is 5.32 Å². The molecule has 94 valence electrons. The zero-order valence-electron chi connectivity index (χ0n) is 10.6. The van der Waals surface area contributed by atoms with E-state index in [0.717, 1.165) is 40.2 Å². The zero-order valence-corrected chi connectivity index (χ0v) is 12.2. The van der Waals surface area contributed by atoms with E-state index in [-0.39, 0.29) is 0 Å². The summed E-state index contributed by atoms with van der Waals surface area (Å²) in [6.45, 7) is 2.13. The second kappa shape index (κ2) is 5.96. The largest absolute Gasteiger partial charge is 0.372 e. The Kier molecular flexibility index (Phi) is 4.31. The van der Waals surface area contributed by atoms with E-state index in [1.165, 1.54) is 0 Å². The Hall–Kier alpha value is -1.42. The molecule has 0 saturated heterocycles. The van der Waals surface area contributed by atoms with E-state index in [4.69, 9.17) is 0 Å². The molecule has 0 aliphatic carbocycles. The minimum absolute atomic E-state index is 0.840. The third-order valence-electron chi connectivity index (χ3n) is 2.66. The Balaban J connectivity index is 2.55. The molecule has 0 saturated carbocycles. The van der Waals surface area contributed by atoms with Crippen molar-refractivity contribution in [2.75, 3.05) is 12.4 Å². The van der Waals surface area contributed by atoms with Crippen LogP contribution in [0, 0.1) is 0 Å². The van der Waals surface area contributed by atoms with Crippen molar-refractivity contribution in [1.82, 2.24) is 9.97 Å². The van der Waals surface area contributed by atoms with Crippen molar-refractivity contribution in [1.29, 1.82) is 0 Å². The van der Waals surface area contributed by atoms with Crippen molar-refractivity contribution in [3.05, 3.63) is 40.6 Å². The highest BCUT2D eigenvalue weighted by molar-refractivity contribution is 9.10. The van der Waals surface area contributed by atoms with Gasteiger partial charge in [-0.1, -0.05) is 37.3 Å². The first-order chi connectivity index (χ1) is 8.76. The lowest BCUT2D eigenvalue weighted by Crippen LogP contribution is -2.03. The molecule has 0 fully saturated rings. The van der Waals surface area contributed by atoms with Gasteiger partial charge >= 0.3 is 0 Å². The summed E-state index contributed by atoms with van der Waals surface area (Å²) in [7, 11) is 1.87. The highest BCUT2D eigenvalue weighted by Gasteiger charge is 2.12. The van der Waals surface area contributed by atoms with Gasteiger partial charge in [-0.3, -0.25) is 0 Å². The van der Waals surface area contributed by atoms with Crippen LogP contribution in [0.4, 0.5) is 5.82 Å². The van der Waals surface area contributed by atoms with E-state index >= 15 is 0 Å². The van der Waals surface area contributed by atoms with Crippen LogP contribution in [0.25, 0.3) is 11.3 Å². The molecule has 0 unspecified atom stereocenters. The number of hydrogen-bond donors (Lipinski definition) is 1. The van der Waals surface area contributed by atoms with Gasteiger partial charge in [0.1, 0.15) is 11.6 Å². The van der Waals surface area contributed by atoms with Crippen LogP contribution in [0.15, 0.2) is 34.8 Å². The van der Waals surface area contributed by atoms with E-state index in [1.54, 1.807) is 0 Å². The Morgan fingerprint density at radius 3 is 2.50 bits per heavy atom. The summed E-state index contributed by atoms with van der Waals surface area (Å²) in [6.07, 6.45) is 1.93. The van der Waals surface area contributed by atoms with E-state index in [0.29, 0.717) is 0 Å². The van der Waals surface area contributed by atoms with Gasteiger partial charge in [0.25, 0.3) is 0 Å². The maximum Gasteiger partial charge on any atom is 0.144 e. The molecule has 2 aromatic rings. The monoisotopic (exact) mass is 305 g/mol. The number of nitrogens with zero attached hydrogens (tertiary/aromatic N) is 2. The molecule has 4 heteroatoms. The molecule has 1 aromatic heterocycles. The van der Waals surface area contributed by atoms with Gasteiger partial charge in [0.15, 0.2) is 0 Å². The quantitative estimate of drug-likeness (QED) is 0.931. The van der Waals surface area contributed by atoms with Crippen molar-refractivity contribution in [3.63, 3.8) is 0 Å². The summed E-state index contributed by atoms with van der Waals surface area (Å²) in [4.78, 5) is 9.14. The number of benzene rings is 1. The van der Waals surface area contributed by atoms with Crippen molar-refractivity contribution in [2.45, 2.75) is 19.8 Å². The van der Waals surface area contributed by atoms with Crippen molar-refractivity contribution < 1.29 is 0 Å². The Labute approximate surface area is 116 Å². The summed E-state index contributed by atoms with van der Waals surface area (Å²) < 4.78 is 0.913. The highest BCUT2D eigenvalue weighted by atomic mass is 79.9. The zero-order chi connectivity index (χ0) is 13.0. The number of rotatable bonds is 4. The second-order valence-electron chi connectivity index (χ2n) is 4.02. The molecule has 0 amide bonds. The summed E-state index contributed by atoms with van der Waals surface area (Å²) in [5, 5.41) is 3.11. The lowest BCUT2D eigenvalue weighted by Gasteiger charge is -2.10. The van der Waals surface area contributed by atoms with Gasteiger partial charge in [0.2, 0.25) is 0 Å². The first-order valence-corrected chi connectivity index (χ1v) is 6.85. The fraction of sp³-hybridized carbons (Fsp3) is 0.286. The molecule has 1 N–H and O–H groups in total. The molecule has 1 heterocycles. The Morgan fingerprint density at radius 2 is 1.89 bits per heavy atom. The molecular weight excluding hydrogens is 290 g/mol. The number of aryl methyl sites for hydroxylation is 1. The molecule has 3 nitrogen and oxygen atoms in total. The third-order valence-corrected chi connectivity index (χ3v) is 3.41. The first kappa shape index (κ1) is 13.0. The van der Waals surface area contributed by atoms with Crippen molar-refractivity contribution in [2.24, 2.45) is 0 Å². The summed E-state index contributed by atoms with van der Waals surface area (Å²) in [5.74, 6) is 1.72. The highest BCUT2D eigenvalue weighted by Crippen LogP contribution is 2.31. The van der Waals surface area contributed by atoms with Crippen LogP contribution in [0.1, 0.15) is 19.2 Å². The predicted molar refractivity (Wildman–Crippen MR) is 78.7 cm³/mol. The van der Waals surface area contributed by atoms with E-state index in [9.17, 15) is 0 Å². The standard InChI is InChI=1S/C14H16BrN3/c1-3-7-11-17-13(10-8-5-4-6-9-10)12(15)14(16-2)18-11/h4-6,8-9H,3,7H2,1-2H3,(H,16,17,18). The predicted octanol–water partition coefficient (Wildman–Crippen LogP) is 3.90. The SMILES string of the molecule is CCCc1nc(NC)c(Br)c(-c2ccccc2)n1. The van der Waals surface area contributed by atoms with Gasteiger partial charge in [-0.05, 0) is 22.4 Å². The smallest absolute Gasteiger partial charge is 0.144 e. The average molecular weight is 306 g/mol. The van der Waals surface area contributed by atoms with Crippen molar-refractivity contribution >= 4 is 21.7 Å². The Bertz CT molecular complexity index is 526. The summed E-state index contributed by atoms with van der Waals surface area (Å²) >= 11 is 3.58. The average Bonchev–Trinajstić information content (AvgIpc) is 2.42. The van der Waals surface area contributed by atoms with Crippen LogP contribution >= 0.6 is 15.9 Å². The molecule has 0 aliphatic heterocycles. The molecule has 0 radical (unpaired) electrons. The van der Waals surface area contributed by atoms with Gasteiger partial charge in [0, 0.05) is 19.0 Å². The lowest BCUT2D eigenvalue weighted by molar-refractivity contribution is 0.836. The maximum absolute atomic E-state index is 4.64. The second-order valence-corrected chi connectivity index (χ2v) is 4.81. The summed E-state index contributed by atoms with van der Waals surface area (Å²) in [6, 6.07) is 10.2. The van der Waals surface area contributed by atoms with E-state index in [2.05, 4.69) is 50.3 Å². The molecular formula is C14H16BrN3. The topological polar surface area (TPSA) is 37.8 Å². The molecule has 18 heavy (non-hydrogen) atoms. The van der Waals surface area contributed by atoms with Gasteiger partial charge < -0.3 is 5.32 Å². The molecule has 0 aliphatic rings. The molecule has 2 rings (SSSR count). The van der Waals surface area contributed by atoms with Crippen LogP contribution in [-0.2, 0) is 6.42 Å². The fourth-order valence-corrected chi connectivity index (χ4v) is 2.39. The van der Waals surface area contributed by atoms with E-state index < -0.39 is 0 Å². The molecule has 1 aromatic carbocycles. The molecule has 0 bridgehead atoms. The lowest BCUT2D eigenvalue weighted by atomic mass is 10.1. The normalized spacial score (nSPS) is 10.4. The number of anilines is 1. The van der Waals surface area contributed by atoms with Crippen molar-refractivity contribution in [3.8, 4) is 11.3 Å². The first-order valence-electron chi connectivity index (χ1n) is 6.05. The van der Waals surface area contributed by atoms with Crippen LogP contribution in [-0.4, -0.2) is 17.0 Å². The minimum Gasteiger partial charge on any atom is -0.372 e. The van der Waals surface area contributed by atoms with Crippen LogP contribution in [0.3, 0.4) is 0 Å². The van der Waals surface area contributed by atoms with E-state index in [1.807, 2.05) is 25.2 Å². The third kappa shape index (κ3) is 2.70. The van der Waals surface area contributed by atoms with Gasteiger partial charge in [-0.2, -0.15) is 0 Å². The van der Waals surface area contributed by atoms with Gasteiger partial charge in [0.05, 0.1) is 10.2 Å². The molecule has 0 spiro atoms. The van der Waals surface area contributed by atoms with Gasteiger partial charge in [-0.15, -0.1) is 0 Å². The number of nitrogens with one attached hydrogen (secondary N) is 1. The molecule has 0 atom stereocenters. The fourth-order valence-electron chi connectivity index (χ4n) is 1.78. The Morgan fingerprint density at radius 1 is 1.17 bits per heavy atom. The summed E-state index contributed by atoms with van der Waals surface area (Å²) in [5.41, 5.74) is 2.04.